The standard InChI is InChI=1S/C19H20FN3O2/c1-13(24)23-9-3-4-15(12-23)18-8-7-14(11-21-18)19(25)22-17-6-2-5-16(20)10-17/h2,5-8,10-11,15H,3-4,9,12H2,1H3,(H,22,25)/t15-/m1/s1. The molecule has 2 amide bonds. The Balaban J connectivity index is 1.67. The molecule has 2 heterocycles. The topological polar surface area (TPSA) is 62.3 Å². The maximum Gasteiger partial charge on any atom is 0.257 e. The second-order valence-electron chi connectivity index (χ2n) is 6.24. The minimum absolute atomic E-state index is 0.0794. The van der Waals surface area contributed by atoms with Crippen LogP contribution in [0.5, 0.6) is 0 Å². The molecule has 5 nitrogen and oxygen atoms in total. The third-order valence-electron chi connectivity index (χ3n) is 4.42. The van der Waals surface area contributed by atoms with E-state index < -0.39 is 5.82 Å². The lowest BCUT2D eigenvalue weighted by Crippen LogP contribution is -2.37. The van der Waals surface area contributed by atoms with Gasteiger partial charge in [-0.25, -0.2) is 4.39 Å². The van der Waals surface area contributed by atoms with E-state index in [0.29, 0.717) is 17.8 Å². The first-order chi connectivity index (χ1) is 12.0. The summed E-state index contributed by atoms with van der Waals surface area (Å²) in [4.78, 5) is 30.0. The first kappa shape index (κ1) is 17.1. The van der Waals surface area contributed by atoms with E-state index in [4.69, 9.17) is 0 Å². The van der Waals surface area contributed by atoms with Gasteiger partial charge in [0.15, 0.2) is 0 Å². The summed E-state index contributed by atoms with van der Waals surface area (Å²) in [5.41, 5.74) is 1.69. The zero-order valence-electron chi connectivity index (χ0n) is 14.0. The van der Waals surface area contributed by atoms with Gasteiger partial charge in [-0.05, 0) is 43.2 Å². The van der Waals surface area contributed by atoms with Crippen LogP contribution >= 0.6 is 0 Å². The number of aromatic nitrogens is 1. The molecule has 6 heteroatoms. The summed E-state index contributed by atoms with van der Waals surface area (Å²) < 4.78 is 13.2. The molecule has 1 aliphatic heterocycles. The van der Waals surface area contributed by atoms with Crippen LogP contribution in [0, 0.1) is 5.82 Å². The van der Waals surface area contributed by atoms with Gasteiger partial charge in [0.2, 0.25) is 5.91 Å². The predicted octanol–water partition coefficient (Wildman–Crippen LogP) is 3.20. The summed E-state index contributed by atoms with van der Waals surface area (Å²) in [5, 5.41) is 2.65. The highest BCUT2D eigenvalue weighted by Crippen LogP contribution is 2.25. The van der Waals surface area contributed by atoms with Crippen LogP contribution in [0.4, 0.5) is 10.1 Å². The predicted molar refractivity (Wildman–Crippen MR) is 92.8 cm³/mol. The summed E-state index contributed by atoms with van der Waals surface area (Å²) in [6.45, 7) is 3.03. The minimum atomic E-state index is -0.404. The zero-order chi connectivity index (χ0) is 17.8. The number of anilines is 1. The Morgan fingerprint density at radius 1 is 1.28 bits per heavy atom. The largest absolute Gasteiger partial charge is 0.342 e. The van der Waals surface area contributed by atoms with Crippen LogP contribution < -0.4 is 5.32 Å². The summed E-state index contributed by atoms with van der Waals surface area (Å²) >= 11 is 0. The van der Waals surface area contributed by atoms with E-state index in [1.54, 1.807) is 19.1 Å². The maximum atomic E-state index is 13.2. The number of benzene rings is 1. The quantitative estimate of drug-likeness (QED) is 0.932. The molecule has 2 aromatic rings. The summed E-state index contributed by atoms with van der Waals surface area (Å²) in [6.07, 6.45) is 3.45. The van der Waals surface area contributed by atoms with Crippen molar-refractivity contribution in [3.05, 3.63) is 59.7 Å². The van der Waals surface area contributed by atoms with Gasteiger partial charge in [0.05, 0.1) is 5.56 Å². The van der Waals surface area contributed by atoms with E-state index in [9.17, 15) is 14.0 Å². The molecule has 1 saturated heterocycles. The van der Waals surface area contributed by atoms with Crippen LogP contribution in [0.1, 0.15) is 41.7 Å². The molecule has 0 saturated carbocycles. The Hall–Kier alpha value is -2.76. The molecule has 1 atom stereocenters. The molecular formula is C19H20FN3O2. The van der Waals surface area contributed by atoms with Gasteiger partial charge < -0.3 is 10.2 Å². The zero-order valence-corrected chi connectivity index (χ0v) is 14.0. The first-order valence-corrected chi connectivity index (χ1v) is 8.31. The molecule has 1 aromatic heterocycles. The van der Waals surface area contributed by atoms with E-state index >= 15 is 0 Å². The number of carbonyl (C=O) groups is 2. The van der Waals surface area contributed by atoms with Crippen molar-refractivity contribution in [3.8, 4) is 0 Å². The molecule has 1 fully saturated rings. The minimum Gasteiger partial charge on any atom is -0.342 e. The number of amides is 2. The van der Waals surface area contributed by atoms with Crippen molar-refractivity contribution < 1.29 is 14.0 Å². The monoisotopic (exact) mass is 341 g/mol. The van der Waals surface area contributed by atoms with Gasteiger partial charge in [-0.3, -0.25) is 14.6 Å². The second-order valence-corrected chi connectivity index (χ2v) is 6.24. The number of carbonyl (C=O) groups excluding carboxylic acids is 2. The van der Waals surface area contributed by atoms with Crippen molar-refractivity contribution in [1.29, 1.82) is 0 Å². The number of likely N-dealkylation sites (tertiary alicyclic amines) is 1. The van der Waals surface area contributed by atoms with Crippen molar-refractivity contribution in [1.82, 2.24) is 9.88 Å². The number of hydrogen-bond acceptors (Lipinski definition) is 3. The number of halogens is 1. The Kier molecular flexibility index (Phi) is 5.07. The highest BCUT2D eigenvalue weighted by Gasteiger charge is 2.23. The molecule has 1 N–H and O–H groups in total. The van der Waals surface area contributed by atoms with Crippen molar-refractivity contribution in [2.24, 2.45) is 0 Å². The van der Waals surface area contributed by atoms with Crippen LogP contribution in [-0.2, 0) is 4.79 Å². The lowest BCUT2D eigenvalue weighted by atomic mass is 9.94. The van der Waals surface area contributed by atoms with Crippen LogP contribution in [0.15, 0.2) is 42.6 Å². The van der Waals surface area contributed by atoms with Crippen molar-refractivity contribution in [2.75, 3.05) is 18.4 Å². The molecule has 3 rings (SSSR count). The highest BCUT2D eigenvalue weighted by molar-refractivity contribution is 6.04. The van der Waals surface area contributed by atoms with Crippen LogP contribution in [0.25, 0.3) is 0 Å². The Labute approximate surface area is 145 Å². The van der Waals surface area contributed by atoms with Gasteiger partial charge in [0.25, 0.3) is 5.91 Å². The fourth-order valence-electron chi connectivity index (χ4n) is 3.06. The van der Waals surface area contributed by atoms with Crippen molar-refractivity contribution in [2.45, 2.75) is 25.7 Å². The highest BCUT2D eigenvalue weighted by atomic mass is 19.1. The summed E-state index contributed by atoms with van der Waals surface area (Å²) in [5.74, 6) is -0.467. The molecule has 0 radical (unpaired) electrons. The fourth-order valence-corrected chi connectivity index (χ4v) is 3.06. The molecule has 0 spiro atoms. The average molecular weight is 341 g/mol. The van der Waals surface area contributed by atoms with Gasteiger partial charge in [0, 0.05) is 43.5 Å². The van der Waals surface area contributed by atoms with E-state index in [2.05, 4.69) is 10.3 Å². The Morgan fingerprint density at radius 3 is 2.80 bits per heavy atom. The third kappa shape index (κ3) is 4.21. The smallest absolute Gasteiger partial charge is 0.257 e. The molecule has 0 aliphatic carbocycles. The lowest BCUT2D eigenvalue weighted by molar-refractivity contribution is -0.130. The number of hydrogen-bond donors (Lipinski definition) is 1. The van der Waals surface area contributed by atoms with Gasteiger partial charge in [0.1, 0.15) is 5.82 Å². The van der Waals surface area contributed by atoms with Crippen molar-refractivity contribution >= 4 is 17.5 Å². The van der Waals surface area contributed by atoms with Gasteiger partial charge in [-0.15, -0.1) is 0 Å². The summed E-state index contributed by atoms with van der Waals surface area (Å²) in [6, 6.07) is 9.29. The molecular weight excluding hydrogens is 321 g/mol. The Morgan fingerprint density at radius 2 is 2.12 bits per heavy atom. The Bertz CT molecular complexity index is 776. The SMILES string of the molecule is CC(=O)N1CCC[C@@H](c2ccc(C(=O)Nc3cccc(F)c3)cn2)C1. The fraction of sp³-hybridized carbons (Fsp3) is 0.316. The van der Waals surface area contributed by atoms with Gasteiger partial charge in [-0.1, -0.05) is 6.07 Å². The average Bonchev–Trinajstić information content (AvgIpc) is 2.62. The summed E-state index contributed by atoms with van der Waals surface area (Å²) in [7, 11) is 0. The molecule has 1 aliphatic rings. The number of nitrogens with zero attached hydrogens (tertiary/aromatic N) is 2. The molecule has 0 bridgehead atoms. The van der Waals surface area contributed by atoms with E-state index in [1.807, 2.05) is 11.0 Å². The number of piperidine rings is 1. The number of pyridine rings is 1. The van der Waals surface area contributed by atoms with E-state index in [1.165, 1.54) is 24.4 Å². The molecule has 25 heavy (non-hydrogen) atoms. The number of rotatable bonds is 3. The molecule has 130 valence electrons. The van der Waals surface area contributed by atoms with Gasteiger partial charge in [-0.2, -0.15) is 0 Å². The van der Waals surface area contributed by atoms with Gasteiger partial charge >= 0.3 is 0 Å². The maximum absolute atomic E-state index is 13.2. The lowest BCUT2D eigenvalue weighted by Gasteiger charge is -2.31. The number of nitrogens with one attached hydrogen (secondary N) is 1. The molecule has 1 aromatic carbocycles. The third-order valence-corrected chi connectivity index (χ3v) is 4.42. The van der Waals surface area contributed by atoms with Crippen LogP contribution in [-0.4, -0.2) is 34.8 Å². The van der Waals surface area contributed by atoms with E-state index in [-0.39, 0.29) is 17.7 Å². The van der Waals surface area contributed by atoms with Crippen LogP contribution in [0.2, 0.25) is 0 Å². The van der Waals surface area contributed by atoms with E-state index in [0.717, 1.165) is 25.1 Å². The second kappa shape index (κ2) is 7.42. The van der Waals surface area contributed by atoms with Crippen molar-refractivity contribution in [3.63, 3.8) is 0 Å². The van der Waals surface area contributed by atoms with Crippen LogP contribution in [0.3, 0.4) is 0 Å². The normalized spacial score (nSPS) is 17.2. The molecule has 0 unspecified atom stereocenters. The first-order valence-electron chi connectivity index (χ1n) is 8.31.